The van der Waals surface area contributed by atoms with Crippen molar-refractivity contribution in [2.24, 2.45) is 17.8 Å². The summed E-state index contributed by atoms with van der Waals surface area (Å²) >= 11 is 6.57. The first-order valence-corrected chi connectivity index (χ1v) is 11.2. The van der Waals surface area contributed by atoms with Crippen molar-refractivity contribution in [2.45, 2.75) is 107 Å². The van der Waals surface area contributed by atoms with Crippen LogP contribution in [0, 0.1) is 24.8 Å². The minimum atomic E-state index is -0.782. The molecular formula is C22H39ClN2O3. The Labute approximate surface area is 175 Å². The number of hydrogen-bond acceptors (Lipinski definition) is 3. The molecule has 0 aromatic carbocycles. The van der Waals surface area contributed by atoms with Crippen LogP contribution < -0.4 is 10.6 Å². The lowest BCUT2D eigenvalue weighted by atomic mass is 9.50. The van der Waals surface area contributed by atoms with Crippen molar-refractivity contribution in [3.05, 3.63) is 7.05 Å². The largest absolute Gasteiger partial charge is 0.474 e. The van der Waals surface area contributed by atoms with Crippen molar-refractivity contribution < 1.29 is 20.0 Å². The molecule has 2 saturated carbocycles. The van der Waals surface area contributed by atoms with Crippen molar-refractivity contribution in [2.75, 3.05) is 0 Å². The number of aliphatic hydroxyl groups is 1. The third-order valence-electron chi connectivity index (χ3n) is 8.39. The molecule has 3 fully saturated rings. The standard InChI is InChI=1S/C22H39ClN2O3/c1-19(2)16(23)9-12-22(5,28-19)15-7-10-20(3,25-13-26)14-8-11-21(4,27)18(24-6)17(14)15/h13-18,27H,6-12,24H2,1-5H3,(H,25,26). The molecule has 1 saturated heterocycles. The van der Waals surface area contributed by atoms with Crippen LogP contribution in [0.2, 0.25) is 0 Å². The maximum atomic E-state index is 11.4. The third kappa shape index (κ3) is 3.61. The summed E-state index contributed by atoms with van der Waals surface area (Å²) in [5.74, 6) is 0.786. The number of amides is 1. The molecule has 0 radical (unpaired) electrons. The lowest BCUT2D eigenvalue weighted by Gasteiger charge is -2.61. The van der Waals surface area contributed by atoms with E-state index in [2.05, 4.69) is 40.1 Å². The highest BCUT2D eigenvalue weighted by Crippen LogP contribution is 2.56. The molecule has 3 aliphatic rings. The van der Waals surface area contributed by atoms with Gasteiger partial charge in [0.1, 0.15) is 5.60 Å². The summed E-state index contributed by atoms with van der Waals surface area (Å²) in [4.78, 5) is 11.4. The summed E-state index contributed by atoms with van der Waals surface area (Å²) in [7, 11) is 4.10. The van der Waals surface area contributed by atoms with Crippen molar-refractivity contribution in [1.82, 2.24) is 5.32 Å². The SMILES string of the molecule is [CH2-][NH2+]C1C2C(CCC1(C)O)C(C)(NC=O)CCC2C1(C)CCC(Cl)C(C)(C)O1. The second-order valence-electron chi connectivity index (χ2n) is 10.7. The maximum Gasteiger partial charge on any atom is 0.207 e. The number of rotatable bonds is 4. The Morgan fingerprint density at radius 3 is 2.32 bits per heavy atom. The molecule has 3 rings (SSSR count). The van der Waals surface area contributed by atoms with Gasteiger partial charge in [0.25, 0.3) is 0 Å². The number of halogens is 1. The summed E-state index contributed by atoms with van der Waals surface area (Å²) < 4.78 is 6.71. The fourth-order valence-corrected chi connectivity index (χ4v) is 6.91. The minimum Gasteiger partial charge on any atom is -0.474 e. The maximum absolute atomic E-state index is 11.4. The molecule has 6 heteroatoms. The third-order valence-corrected chi connectivity index (χ3v) is 9.13. The summed E-state index contributed by atoms with van der Waals surface area (Å²) in [6.07, 6.45) is 6.19. The van der Waals surface area contributed by atoms with Crippen molar-refractivity contribution in [3.63, 3.8) is 0 Å². The topological polar surface area (TPSA) is 75.2 Å². The Morgan fingerprint density at radius 1 is 1.11 bits per heavy atom. The second kappa shape index (κ2) is 7.40. The fraction of sp³-hybridized carbons (Fsp3) is 0.909. The zero-order valence-electron chi connectivity index (χ0n) is 18.1. The van der Waals surface area contributed by atoms with Crippen molar-refractivity contribution in [3.8, 4) is 0 Å². The molecule has 0 aromatic rings. The van der Waals surface area contributed by atoms with Gasteiger partial charge >= 0.3 is 0 Å². The van der Waals surface area contributed by atoms with Crippen molar-refractivity contribution in [1.29, 1.82) is 0 Å². The Hall–Kier alpha value is -0.360. The molecule has 4 N–H and O–H groups in total. The molecule has 8 atom stereocenters. The van der Waals surface area contributed by atoms with E-state index in [1.165, 1.54) is 0 Å². The van der Waals surface area contributed by atoms with Crippen LogP contribution >= 0.6 is 11.6 Å². The number of nitrogens with one attached hydrogen (secondary N) is 1. The van der Waals surface area contributed by atoms with Gasteiger partial charge in [-0.25, -0.2) is 0 Å². The number of alkyl halides is 1. The van der Waals surface area contributed by atoms with E-state index in [0.717, 1.165) is 44.9 Å². The molecule has 1 heterocycles. The Balaban J connectivity index is 2.00. The zero-order chi connectivity index (χ0) is 21.0. The highest BCUT2D eigenvalue weighted by atomic mass is 35.5. The summed E-state index contributed by atoms with van der Waals surface area (Å²) in [5, 5.41) is 16.3. The molecule has 1 amide bonds. The highest BCUT2D eigenvalue weighted by molar-refractivity contribution is 6.21. The predicted molar refractivity (Wildman–Crippen MR) is 111 cm³/mol. The number of carbonyl (C=O) groups is 1. The second-order valence-corrected chi connectivity index (χ2v) is 11.2. The van der Waals surface area contributed by atoms with Gasteiger partial charge in [-0.05, 0) is 85.0 Å². The number of ether oxygens (including phenoxy) is 1. The van der Waals surface area contributed by atoms with Gasteiger partial charge in [0, 0.05) is 11.5 Å². The van der Waals surface area contributed by atoms with Gasteiger partial charge in [0.05, 0.1) is 22.6 Å². The van der Waals surface area contributed by atoms with E-state index >= 15 is 0 Å². The monoisotopic (exact) mass is 414 g/mol. The van der Waals surface area contributed by atoms with Gasteiger partial charge in [-0.3, -0.25) is 4.79 Å². The minimum absolute atomic E-state index is 0.00613. The van der Waals surface area contributed by atoms with E-state index < -0.39 is 5.60 Å². The van der Waals surface area contributed by atoms with Gasteiger partial charge in [0.2, 0.25) is 6.41 Å². The first-order valence-electron chi connectivity index (χ1n) is 10.8. The molecule has 5 nitrogen and oxygen atoms in total. The van der Waals surface area contributed by atoms with Gasteiger partial charge in [-0.1, -0.05) is 0 Å². The van der Waals surface area contributed by atoms with Crippen LogP contribution in [0.15, 0.2) is 0 Å². The molecular weight excluding hydrogens is 376 g/mol. The van der Waals surface area contributed by atoms with Crippen LogP contribution in [-0.4, -0.2) is 45.3 Å². The van der Waals surface area contributed by atoms with E-state index in [1.54, 1.807) is 0 Å². The average molecular weight is 415 g/mol. The normalized spacial score (nSPS) is 51.2. The van der Waals surface area contributed by atoms with Crippen LogP contribution in [0.1, 0.15) is 73.1 Å². The number of carbonyl (C=O) groups excluding carboxylic acids is 1. The molecule has 162 valence electrons. The van der Waals surface area contributed by atoms with Crippen LogP contribution in [0.3, 0.4) is 0 Å². The molecule has 2 aliphatic carbocycles. The van der Waals surface area contributed by atoms with E-state index in [4.69, 9.17) is 16.3 Å². The predicted octanol–water partition coefficient (Wildman–Crippen LogP) is 2.36. The van der Waals surface area contributed by atoms with E-state index in [9.17, 15) is 9.90 Å². The highest BCUT2D eigenvalue weighted by Gasteiger charge is 2.61. The van der Waals surface area contributed by atoms with Gasteiger partial charge < -0.3 is 20.5 Å². The van der Waals surface area contributed by atoms with Crippen LogP contribution in [0.4, 0.5) is 0 Å². The van der Waals surface area contributed by atoms with Crippen LogP contribution in [0.25, 0.3) is 0 Å². The summed E-state index contributed by atoms with van der Waals surface area (Å²) in [5.41, 5.74) is -1.71. The Bertz CT molecular complexity index is 598. The number of hydrogen-bond donors (Lipinski definition) is 3. The molecule has 28 heavy (non-hydrogen) atoms. The average Bonchev–Trinajstić information content (AvgIpc) is 2.57. The Kier molecular flexibility index (Phi) is 5.90. The smallest absolute Gasteiger partial charge is 0.207 e. The molecule has 0 bridgehead atoms. The quantitative estimate of drug-likeness (QED) is 0.375. The fourth-order valence-electron chi connectivity index (χ4n) is 6.75. The van der Waals surface area contributed by atoms with Gasteiger partial charge in [-0.15, -0.1) is 11.6 Å². The van der Waals surface area contributed by atoms with E-state index in [0.29, 0.717) is 0 Å². The first kappa shape index (κ1) is 22.3. The number of quaternary nitrogens is 1. The lowest BCUT2D eigenvalue weighted by Crippen LogP contribution is -2.93. The zero-order valence-corrected chi connectivity index (χ0v) is 18.9. The Morgan fingerprint density at radius 2 is 1.75 bits per heavy atom. The molecule has 8 unspecified atom stereocenters. The van der Waals surface area contributed by atoms with E-state index in [-0.39, 0.29) is 45.9 Å². The molecule has 0 spiro atoms. The van der Waals surface area contributed by atoms with Crippen molar-refractivity contribution >= 4 is 18.0 Å². The van der Waals surface area contributed by atoms with Gasteiger partial charge in [0.15, 0.2) is 0 Å². The summed E-state index contributed by atoms with van der Waals surface area (Å²) in [6, 6.07) is -0.0263. The number of fused-ring (bicyclic) bond motifs is 1. The lowest BCUT2D eigenvalue weighted by molar-refractivity contribution is -0.666. The van der Waals surface area contributed by atoms with Gasteiger partial charge in [-0.2, -0.15) is 7.05 Å². The number of nitrogens with two attached hydrogens (primary N) is 1. The summed E-state index contributed by atoms with van der Waals surface area (Å²) in [6.45, 7) is 10.5. The first-order chi connectivity index (χ1) is 12.9. The molecule has 0 aromatic heterocycles. The molecule has 1 aliphatic heterocycles. The van der Waals surface area contributed by atoms with Crippen LogP contribution in [0.5, 0.6) is 0 Å². The van der Waals surface area contributed by atoms with Crippen LogP contribution in [-0.2, 0) is 9.53 Å². The van der Waals surface area contributed by atoms with E-state index in [1.807, 2.05) is 12.2 Å².